The lowest BCUT2D eigenvalue weighted by Crippen LogP contribution is -2.43. The molecule has 0 aromatic carbocycles. The number of carboxylic acids is 1. The van der Waals surface area contributed by atoms with Gasteiger partial charge in [0, 0.05) is 6.04 Å². The monoisotopic (exact) mass is 287 g/mol. The van der Waals surface area contributed by atoms with Crippen LogP contribution in [0.15, 0.2) is 12.2 Å². The number of allylic oxidation sites excluding steroid dienone is 2. The number of carboxylic acid groups (broad SMARTS) is 1. The minimum absolute atomic E-state index is 0.0426. The van der Waals surface area contributed by atoms with E-state index in [-0.39, 0.29) is 23.5 Å². The molecular formula is C12H17NO5S. The van der Waals surface area contributed by atoms with Gasteiger partial charge >= 0.3 is 5.97 Å². The fourth-order valence-electron chi connectivity index (χ4n) is 2.59. The van der Waals surface area contributed by atoms with Gasteiger partial charge < -0.3 is 10.4 Å². The van der Waals surface area contributed by atoms with Crippen LogP contribution in [0.1, 0.15) is 19.3 Å². The Morgan fingerprint density at radius 3 is 2.32 bits per heavy atom. The Hall–Kier alpha value is -1.37. The van der Waals surface area contributed by atoms with Crippen molar-refractivity contribution < 1.29 is 23.1 Å². The van der Waals surface area contributed by atoms with Gasteiger partial charge in [-0.1, -0.05) is 12.2 Å². The second kappa shape index (κ2) is 5.32. The summed E-state index contributed by atoms with van der Waals surface area (Å²) < 4.78 is 22.6. The maximum absolute atomic E-state index is 12.1. The molecule has 1 saturated heterocycles. The largest absolute Gasteiger partial charge is 0.481 e. The van der Waals surface area contributed by atoms with Crippen LogP contribution in [-0.2, 0) is 19.4 Å². The van der Waals surface area contributed by atoms with Gasteiger partial charge in [-0.25, -0.2) is 8.42 Å². The van der Waals surface area contributed by atoms with E-state index in [0.29, 0.717) is 19.3 Å². The van der Waals surface area contributed by atoms with Crippen LogP contribution in [0.2, 0.25) is 0 Å². The number of carbonyl (C=O) groups is 2. The summed E-state index contributed by atoms with van der Waals surface area (Å²) in [6, 6.07) is -0.377. The number of rotatable bonds is 3. The molecule has 1 heterocycles. The van der Waals surface area contributed by atoms with E-state index in [1.165, 1.54) is 0 Å². The fraction of sp³-hybridized carbons (Fsp3) is 0.667. The normalized spacial score (nSPS) is 32.9. The Kier molecular flexibility index (Phi) is 3.93. The third kappa shape index (κ3) is 3.34. The molecule has 19 heavy (non-hydrogen) atoms. The van der Waals surface area contributed by atoms with Crippen molar-refractivity contribution >= 4 is 21.7 Å². The molecule has 0 aromatic heterocycles. The van der Waals surface area contributed by atoms with E-state index in [0.717, 1.165) is 0 Å². The van der Waals surface area contributed by atoms with Crippen molar-refractivity contribution in [1.29, 1.82) is 0 Å². The van der Waals surface area contributed by atoms with Crippen molar-refractivity contribution in [3.05, 3.63) is 12.2 Å². The van der Waals surface area contributed by atoms with Gasteiger partial charge in [-0.3, -0.25) is 9.59 Å². The highest BCUT2D eigenvalue weighted by atomic mass is 32.2. The first-order valence-electron chi connectivity index (χ1n) is 6.27. The zero-order valence-corrected chi connectivity index (χ0v) is 11.2. The first kappa shape index (κ1) is 14.0. The van der Waals surface area contributed by atoms with Crippen molar-refractivity contribution in [1.82, 2.24) is 5.32 Å². The fourth-order valence-corrected chi connectivity index (χ4v) is 4.27. The van der Waals surface area contributed by atoms with Crippen molar-refractivity contribution in [2.24, 2.45) is 11.8 Å². The molecule has 3 atom stereocenters. The predicted molar refractivity (Wildman–Crippen MR) is 68.2 cm³/mol. The number of nitrogens with one attached hydrogen (secondary N) is 1. The summed E-state index contributed by atoms with van der Waals surface area (Å²) in [4.78, 5) is 23.2. The predicted octanol–water partition coefficient (Wildman–Crippen LogP) is -0.0433. The summed E-state index contributed by atoms with van der Waals surface area (Å²) in [5.41, 5.74) is 0. The van der Waals surface area contributed by atoms with Crippen LogP contribution in [0.5, 0.6) is 0 Å². The molecule has 2 aliphatic rings. The van der Waals surface area contributed by atoms with Crippen LogP contribution in [0.4, 0.5) is 0 Å². The van der Waals surface area contributed by atoms with E-state index in [1.54, 1.807) is 12.2 Å². The van der Waals surface area contributed by atoms with Gasteiger partial charge in [-0.2, -0.15) is 0 Å². The van der Waals surface area contributed by atoms with Crippen LogP contribution in [0, 0.1) is 11.8 Å². The number of carbonyl (C=O) groups excluding carboxylic acids is 1. The second-order valence-corrected chi connectivity index (χ2v) is 7.33. The van der Waals surface area contributed by atoms with E-state index < -0.39 is 27.6 Å². The lowest BCUT2D eigenvalue weighted by Gasteiger charge is -2.25. The topological polar surface area (TPSA) is 101 Å². The van der Waals surface area contributed by atoms with E-state index in [1.807, 2.05) is 0 Å². The third-order valence-corrected chi connectivity index (χ3v) is 5.43. The minimum Gasteiger partial charge on any atom is -0.481 e. The van der Waals surface area contributed by atoms with Crippen LogP contribution >= 0.6 is 0 Å². The molecule has 2 rings (SSSR count). The summed E-state index contributed by atoms with van der Waals surface area (Å²) in [5.74, 6) is -2.61. The van der Waals surface area contributed by atoms with E-state index >= 15 is 0 Å². The van der Waals surface area contributed by atoms with Crippen molar-refractivity contribution in [3.8, 4) is 0 Å². The van der Waals surface area contributed by atoms with E-state index in [2.05, 4.69) is 5.32 Å². The molecule has 0 saturated carbocycles. The Morgan fingerprint density at radius 2 is 1.79 bits per heavy atom. The third-order valence-electron chi connectivity index (χ3n) is 3.67. The molecule has 2 N–H and O–H groups in total. The Bertz CT molecular complexity index is 510. The first-order chi connectivity index (χ1) is 8.89. The van der Waals surface area contributed by atoms with Crippen LogP contribution in [0.25, 0.3) is 0 Å². The summed E-state index contributed by atoms with van der Waals surface area (Å²) in [5, 5.41) is 11.8. The van der Waals surface area contributed by atoms with Gasteiger partial charge in [0.2, 0.25) is 5.91 Å². The van der Waals surface area contributed by atoms with Gasteiger partial charge in [0.1, 0.15) is 0 Å². The highest BCUT2D eigenvalue weighted by molar-refractivity contribution is 7.91. The van der Waals surface area contributed by atoms with Gasteiger partial charge in [0.05, 0.1) is 23.3 Å². The van der Waals surface area contributed by atoms with Crippen LogP contribution in [0.3, 0.4) is 0 Å². The molecule has 1 aliphatic carbocycles. The minimum atomic E-state index is -3.05. The first-order valence-corrected chi connectivity index (χ1v) is 8.10. The molecule has 7 heteroatoms. The van der Waals surface area contributed by atoms with Gasteiger partial charge in [0.25, 0.3) is 0 Å². The lowest BCUT2D eigenvalue weighted by molar-refractivity contribution is -0.147. The zero-order valence-electron chi connectivity index (χ0n) is 10.4. The molecular weight excluding hydrogens is 270 g/mol. The number of hydrogen-bond acceptors (Lipinski definition) is 4. The molecule has 0 radical (unpaired) electrons. The van der Waals surface area contributed by atoms with Gasteiger partial charge in [0.15, 0.2) is 9.84 Å². The van der Waals surface area contributed by atoms with E-state index in [4.69, 9.17) is 5.11 Å². The second-order valence-electron chi connectivity index (χ2n) is 5.10. The zero-order chi connectivity index (χ0) is 14.0. The molecule has 106 valence electrons. The number of sulfone groups is 1. The lowest BCUT2D eigenvalue weighted by atomic mass is 9.82. The van der Waals surface area contributed by atoms with Crippen molar-refractivity contribution in [2.45, 2.75) is 25.3 Å². The number of amides is 1. The highest BCUT2D eigenvalue weighted by Gasteiger charge is 2.36. The number of hydrogen-bond donors (Lipinski definition) is 2. The molecule has 0 aromatic rings. The maximum Gasteiger partial charge on any atom is 0.307 e. The smallest absolute Gasteiger partial charge is 0.307 e. The standard InChI is InChI=1S/C12H17NO5S/c14-11(13-8-5-6-19(17,18)7-8)9-3-1-2-4-10(9)12(15)16/h1-2,8-10H,3-7H2,(H,13,14)(H,15,16)/t8?,9-,10+/m1/s1. The van der Waals surface area contributed by atoms with Gasteiger partial charge in [-0.15, -0.1) is 0 Å². The Balaban J connectivity index is 1.99. The summed E-state index contributed by atoms with van der Waals surface area (Å²) in [7, 11) is -3.05. The highest BCUT2D eigenvalue weighted by Crippen LogP contribution is 2.26. The molecule has 1 aliphatic heterocycles. The summed E-state index contributed by atoms with van der Waals surface area (Å²) in [6.07, 6.45) is 4.71. The van der Waals surface area contributed by atoms with Gasteiger partial charge in [-0.05, 0) is 19.3 Å². The quantitative estimate of drug-likeness (QED) is 0.709. The number of aliphatic carboxylic acids is 1. The van der Waals surface area contributed by atoms with Crippen molar-refractivity contribution in [2.75, 3.05) is 11.5 Å². The molecule has 1 fully saturated rings. The summed E-state index contributed by atoms with van der Waals surface area (Å²) >= 11 is 0. The van der Waals surface area contributed by atoms with Crippen LogP contribution in [-0.4, -0.2) is 42.9 Å². The Labute approximate surface area is 111 Å². The molecule has 1 amide bonds. The molecule has 0 bridgehead atoms. The SMILES string of the molecule is O=C(O)[C@H]1CC=CC[C@H]1C(=O)NC1CCS(=O)(=O)C1. The van der Waals surface area contributed by atoms with Crippen molar-refractivity contribution in [3.63, 3.8) is 0 Å². The molecule has 6 nitrogen and oxygen atoms in total. The maximum atomic E-state index is 12.1. The van der Waals surface area contributed by atoms with E-state index in [9.17, 15) is 18.0 Å². The average Bonchev–Trinajstić information content (AvgIpc) is 2.68. The molecule has 1 unspecified atom stereocenters. The Morgan fingerprint density at radius 1 is 1.16 bits per heavy atom. The van der Waals surface area contributed by atoms with Crippen LogP contribution < -0.4 is 5.32 Å². The average molecular weight is 287 g/mol. The summed E-state index contributed by atoms with van der Waals surface area (Å²) in [6.45, 7) is 0. The molecule has 0 spiro atoms.